The van der Waals surface area contributed by atoms with Gasteiger partial charge in [0, 0.05) is 37.8 Å². The highest BCUT2D eigenvalue weighted by Gasteiger charge is 2.39. The molecule has 35 heavy (non-hydrogen) atoms. The van der Waals surface area contributed by atoms with E-state index in [0.29, 0.717) is 35.1 Å². The summed E-state index contributed by atoms with van der Waals surface area (Å²) in [5, 5.41) is 8.20. The summed E-state index contributed by atoms with van der Waals surface area (Å²) in [5.74, 6) is -1.05. The van der Waals surface area contributed by atoms with Gasteiger partial charge in [-0.15, -0.1) is 0 Å². The lowest BCUT2D eigenvalue weighted by Crippen LogP contribution is -2.52. The molecule has 0 radical (unpaired) electrons. The Morgan fingerprint density at radius 2 is 1.97 bits per heavy atom. The van der Waals surface area contributed by atoms with Gasteiger partial charge in [-0.2, -0.15) is 0 Å². The predicted molar refractivity (Wildman–Crippen MR) is 125 cm³/mol. The summed E-state index contributed by atoms with van der Waals surface area (Å²) < 4.78 is 1.38. The number of rotatable bonds is 4. The van der Waals surface area contributed by atoms with Crippen molar-refractivity contribution in [3.63, 3.8) is 0 Å². The van der Waals surface area contributed by atoms with Crippen molar-refractivity contribution in [1.82, 2.24) is 25.1 Å². The SMILES string of the molecule is Cn1cnc2cc(NC(=O)NCc3ccc4c(c3)C(=O)N(C3CCC(=O)NC3=O)C4)ccc2c1=O. The summed E-state index contributed by atoms with van der Waals surface area (Å²) in [4.78, 5) is 66.8. The number of benzene rings is 2. The Kier molecular flexibility index (Phi) is 5.51. The van der Waals surface area contributed by atoms with E-state index in [1.165, 1.54) is 15.8 Å². The second-order valence-electron chi connectivity index (χ2n) is 8.59. The maximum absolute atomic E-state index is 12.9. The number of fused-ring (bicyclic) bond motifs is 2. The Hall–Kier alpha value is -4.54. The van der Waals surface area contributed by atoms with E-state index >= 15 is 0 Å². The van der Waals surface area contributed by atoms with E-state index < -0.39 is 18.0 Å². The zero-order valence-corrected chi connectivity index (χ0v) is 18.8. The number of imide groups is 1. The van der Waals surface area contributed by atoms with Gasteiger partial charge in [0.2, 0.25) is 11.8 Å². The molecular weight excluding hydrogens is 452 g/mol. The van der Waals surface area contributed by atoms with E-state index in [4.69, 9.17) is 0 Å². The van der Waals surface area contributed by atoms with Crippen LogP contribution in [0.25, 0.3) is 10.9 Å². The van der Waals surface area contributed by atoms with E-state index in [1.54, 1.807) is 31.3 Å². The maximum Gasteiger partial charge on any atom is 0.319 e. The standard InChI is InChI=1S/C24H22N6O5/c1-29-12-26-18-9-15(4-5-16(18)22(29)33)27-24(35)25-10-13-2-3-14-11-30(23(34)17(14)8-13)19-6-7-20(31)28-21(19)32/h2-5,8-9,12,19H,6-7,10-11H2,1H3,(H2,25,27,35)(H,28,31,32). The minimum atomic E-state index is -0.670. The molecule has 5 amide bonds. The molecule has 11 heteroatoms. The van der Waals surface area contributed by atoms with Crippen LogP contribution in [0.3, 0.4) is 0 Å². The van der Waals surface area contributed by atoms with Crippen molar-refractivity contribution >= 4 is 40.3 Å². The first-order chi connectivity index (χ1) is 16.8. The summed E-state index contributed by atoms with van der Waals surface area (Å²) in [6.07, 6.45) is 1.92. The van der Waals surface area contributed by atoms with Crippen molar-refractivity contribution in [3.8, 4) is 0 Å². The van der Waals surface area contributed by atoms with Crippen LogP contribution in [0, 0.1) is 0 Å². The molecule has 1 saturated heterocycles. The highest BCUT2D eigenvalue weighted by Crippen LogP contribution is 2.28. The number of anilines is 1. The Labute approximate surface area is 199 Å². The molecule has 5 rings (SSSR count). The summed E-state index contributed by atoms with van der Waals surface area (Å²) in [6.45, 7) is 0.477. The van der Waals surface area contributed by atoms with Gasteiger partial charge in [-0.3, -0.25) is 24.5 Å². The molecule has 178 valence electrons. The first-order valence-corrected chi connectivity index (χ1v) is 11.1. The molecule has 1 fully saturated rings. The van der Waals surface area contributed by atoms with Crippen molar-refractivity contribution in [1.29, 1.82) is 0 Å². The number of aryl methyl sites for hydroxylation is 1. The fourth-order valence-electron chi connectivity index (χ4n) is 4.36. The molecule has 0 spiro atoms. The maximum atomic E-state index is 12.9. The first kappa shape index (κ1) is 22.3. The highest BCUT2D eigenvalue weighted by atomic mass is 16.2. The Balaban J connectivity index is 1.22. The number of amides is 5. The lowest BCUT2D eigenvalue weighted by Gasteiger charge is -2.29. The van der Waals surface area contributed by atoms with Crippen LogP contribution in [0.5, 0.6) is 0 Å². The van der Waals surface area contributed by atoms with Crippen LogP contribution in [-0.4, -0.2) is 44.2 Å². The summed E-state index contributed by atoms with van der Waals surface area (Å²) in [5.41, 5.74) is 2.79. The van der Waals surface area contributed by atoms with Gasteiger partial charge in [0.1, 0.15) is 6.04 Å². The molecule has 2 aromatic carbocycles. The Bertz CT molecular complexity index is 1460. The zero-order chi connectivity index (χ0) is 24.7. The average molecular weight is 474 g/mol. The molecule has 2 aliphatic heterocycles. The van der Waals surface area contributed by atoms with Gasteiger partial charge in [-0.25, -0.2) is 9.78 Å². The van der Waals surface area contributed by atoms with Crippen LogP contribution in [0.4, 0.5) is 10.5 Å². The number of nitrogens with zero attached hydrogens (tertiary/aromatic N) is 3. The van der Waals surface area contributed by atoms with Gasteiger partial charge in [0.15, 0.2) is 0 Å². The van der Waals surface area contributed by atoms with Crippen molar-refractivity contribution in [3.05, 3.63) is 69.8 Å². The number of hydrogen-bond donors (Lipinski definition) is 3. The molecule has 1 atom stereocenters. The number of urea groups is 1. The normalized spacial score (nSPS) is 17.3. The lowest BCUT2D eigenvalue weighted by molar-refractivity contribution is -0.136. The number of carbonyl (C=O) groups excluding carboxylic acids is 4. The van der Waals surface area contributed by atoms with Gasteiger partial charge >= 0.3 is 6.03 Å². The van der Waals surface area contributed by atoms with E-state index in [1.807, 2.05) is 12.1 Å². The van der Waals surface area contributed by atoms with Gasteiger partial charge in [0.05, 0.1) is 17.2 Å². The number of aromatic nitrogens is 2. The molecule has 0 aliphatic carbocycles. The second kappa shape index (κ2) is 8.67. The fraction of sp³-hybridized carbons (Fsp3) is 0.250. The predicted octanol–water partition coefficient (Wildman–Crippen LogP) is 1.02. The fourth-order valence-corrected chi connectivity index (χ4v) is 4.36. The lowest BCUT2D eigenvalue weighted by atomic mass is 10.0. The average Bonchev–Trinajstić information content (AvgIpc) is 3.16. The monoisotopic (exact) mass is 474 g/mol. The number of carbonyl (C=O) groups is 4. The van der Waals surface area contributed by atoms with E-state index in [-0.39, 0.29) is 30.3 Å². The molecule has 1 aromatic heterocycles. The Morgan fingerprint density at radius 1 is 1.14 bits per heavy atom. The number of nitrogens with one attached hydrogen (secondary N) is 3. The molecule has 3 aromatic rings. The highest BCUT2D eigenvalue weighted by molar-refractivity contribution is 6.05. The third kappa shape index (κ3) is 4.23. The van der Waals surface area contributed by atoms with Crippen LogP contribution >= 0.6 is 0 Å². The third-order valence-corrected chi connectivity index (χ3v) is 6.22. The minimum Gasteiger partial charge on any atom is -0.334 e. The van der Waals surface area contributed by atoms with Gasteiger partial charge in [0.25, 0.3) is 11.5 Å². The summed E-state index contributed by atoms with van der Waals surface area (Å²) >= 11 is 0. The van der Waals surface area contributed by atoms with Crippen LogP contribution in [0.2, 0.25) is 0 Å². The van der Waals surface area contributed by atoms with E-state index in [9.17, 15) is 24.0 Å². The summed E-state index contributed by atoms with van der Waals surface area (Å²) in [6, 6.07) is 9.07. The van der Waals surface area contributed by atoms with Crippen molar-refractivity contribution in [2.45, 2.75) is 32.0 Å². The van der Waals surface area contributed by atoms with Crippen LogP contribution in [-0.2, 0) is 29.7 Å². The smallest absolute Gasteiger partial charge is 0.319 e. The van der Waals surface area contributed by atoms with Gasteiger partial charge in [-0.1, -0.05) is 12.1 Å². The second-order valence-corrected chi connectivity index (χ2v) is 8.59. The minimum absolute atomic E-state index is 0.173. The molecule has 11 nitrogen and oxygen atoms in total. The molecule has 0 saturated carbocycles. The number of piperidine rings is 1. The van der Waals surface area contributed by atoms with Crippen LogP contribution in [0.15, 0.2) is 47.5 Å². The van der Waals surface area contributed by atoms with Crippen LogP contribution in [0.1, 0.15) is 34.3 Å². The van der Waals surface area contributed by atoms with Crippen molar-refractivity contribution < 1.29 is 19.2 Å². The quantitative estimate of drug-likeness (QED) is 0.482. The molecular formula is C24H22N6O5. The van der Waals surface area contributed by atoms with Crippen LogP contribution < -0.4 is 21.5 Å². The summed E-state index contributed by atoms with van der Waals surface area (Å²) in [7, 11) is 1.62. The molecule has 2 aliphatic rings. The molecule has 3 heterocycles. The van der Waals surface area contributed by atoms with E-state index in [2.05, 4.69) is 20.9 Å². The van der Waals surface area contributed by atoms with Gasteiger partial charge < -0.3 is 20.1 Å². The molecule has 1 unspecified atom stereocenters. The third-order valence-electron chi connectivity index (χ3n) is 6.22. The first-order valence-electron chi connectivity index (χ1n) is 11.1. The molecule has 3 N–H and O–H groups in total. The Morgan fingerprint density at radius 3 is 2.77 bits per heavy atom. The van der Waals surface area contributed by atoms with E-state index in [0.717, 1.165) is 11.1 Å². The largest absolute Gasteiger partial charge is 0.334 e. The number of hydrogen-bond acceptors (Lipinski definition) is 6. The van der Waals surface area contributed by atoms with Crippen molar-refractivity contribution in [2.24, 2.45) is 7.05 Å². The zero-order valence-electron chi connectivity index (χ0n) is 18.8. The van der Waals surface area contributed by atoms with Gasteiger partial charge in [-0.05, 0) is 41.8 Å². The topological polar surface area (TPSA) is 142 Å². The van der Waals surface area contributed by atoms with Crippen molar-refractivity contribution in [2.75, 3.05) is 5.32 Å². The molecule has 0 bridgehead atoms.